The number of benzene rings is 2. The van der Waals surface area contributed by atoms with Crippen molar-refractivity contribution >= 4 is 35.1 Å². The van der Waals surface area contributed by atoms with E-state index in [4.69, 9.17) is 23.2 Å². The van der Waals surface area contributed by atoms with Crippen LogP contribution in [0, 0.1) is 5.41 Å². The molecule has 4 rings (SSSR count). The van der Waals surface area contributed by atoms with Gasteiger partial charge in [-0.25, -0.2) is 4.79 Å². The molecule has 2 aromatic rings. The summed E-state index contributed by atoms with van der Waals surface area (Å²) in [6.45, 7) is 11.1. The Morgan fingerprint density at radius 3 is 2.28 bits per heavy atom. The third kappa shape index (κ3) is 8.12. The second kappa shape index (κ2) is 12.9. The topological polar surface area (TPSA) is 47.1 Å². The van der Waals surface area contributed by atoms with Crippen LogP contribution >= 0.6 is 23.2 Å². The maximum absolute atomic E-state index is 13.6. The zero-order valence-corrected chi connectivity index (χ0v) is 25.2. The van der Waals surface area contributed by atoms with Crippen molar-refractivity contribution in [1.82, 2.24) is 19.6 Å². The second-order valence-electron chi connectivity index (χ2n) is 12.3. The Morgan fingerprint density at radius 1 is 0.949 bits per heavy atom. The largest absolute Gasteiger partial charge is 0.333 e. The number of likely N-dealkylation sites (tertiary alicyclic amines) is 2. The first-order valence-corrected chi connectivity index (χ1v) is 14.8. The van der Waals surface area contributed by atoms with Gasteiger partial charge in [0.25, 0.3) is 5.91 Å². The molecule has 39 heavy (non-hydrogen) atoms. The number of carbonyl (C=O) groups excluding carboxylic acids is 2. The fourth-order valence-electron chi connectivity index (χ4n) is 5.75. The van der Waals surface area contributed by atoms with E-state index < -0.39 is 0 Å². The Balaban J connectivity index is 1.33. The maximum Gasteiger partial charge on any atom is 0.320 e. The molecule has 2 aliphatic heterocycles. The number of nitrogens with zero attached hydrogens (tertiary/aromatic N) is 4. The average Bonchev–Trinajstić information content (AvgIpc) is 3.56. The Hall–Kier alpha value is -2.28. The van der Waals surface area contributed by atoms with Crippen molar-refractivity contribution in [3.63, 3.8) is 0 Å². The summed E-state index contributed by atoms with van der Waals surface area (Å²) >= 11 is 12.4. The van der Waals surface area contributed by atoms with Crippen LogP contribution in [0.1, 0.15) is 56.0 Å². The lowest BCUT2D eigenvalue weighted by Gasteiger charge is -2.35. The SMILES string of the molecule is CN(C(=O)N1CC[C@H](N(CC(C)(C)C)C(=O)c2cc(Cl)cc(Cl)c2)C1)[C@H]1CCN(CCCc2ccccc2)C1. The second-order valence-corrected chi connectivity index (χ2v) is 13.1. The number of amides is 3. The lowest BCUT2D eigenvalue weighted by molar-refractivity contribution is 0.0602. The fraction of sp³-hybridized carbons (Fsp3) is 0.548. The fourth-order valence-corrected chi connectivity index (χ4v) is 6.28. The van der Waals surface area contributed by atoms with E-state index in [1.165, 1.54) is 5.56 Å². The van der Waals surface area contributed by atoms with E-state index in [0.717, 1.165) is 45.3 Å². The van der Waals surface area contributed by atoms with Gasteiger partial charge in [-0.1, -0.05) is 74.3 Å². The van der Waals surface area contributed by atoms with Crippen LogP contribution in [-0.2, 0) is 6.42 Å². The molecule has 3 amide bonds. The molecule has 0 spiro atoms. The molecule has 0 aliphatic carbocycles. The molecule has 2 aliphatic rings. The van der Waals surface area contributed by atoms with Gasteiger partial charge in [-0.2, -0.15) is 0 Å². The van der Waals surface area contributed by atoms with Crippen LogP contribution in [0.15, 0.2) is 48.5 Å². The van der Waals surface area contributed by atoms with Gasteiger partial charge in [0.2, 0.25) is 0 Å². The van der Waals surface area contributed by atoms with Crippen LogP contribution in [-0.4, -0.2) is 89.9 Å². The Labute approximate surface area is 243 Å². The summed E-state index contributed by atoms with van der Waals surface area (Å²) in [6.07, 6.45) is 3.95. The maximum atomic E-state index is 13.6. The third-order valence-electron chi connectivity index (χ3n) is 7.77. The van der Waals surface area contributed by atoms with E-state index in [1.807, 2.05) is 21.7 Å². The quantitative estimate of drug-likeness (QED) is 0.372. The Morgan fingerprint density at radius 2 is 1.62 bits per heavy atom. The monoisotopic (exact) mass is 572 g/mol. The highest BCUT2D eigenvalue weighted by Crippen LogP contribution is 2.27. The van der Waals surface area contributed by atoms with Crippen molar-refractivity contribution in [2.75, 3.05) is 46.3 Å². The number of halogens is 2. The molecule has 8 heteroatoms. The summed E-state index contributed by atoms with van der Waals surface area (Å²) in [4.78, 5) is 35.4. The average molecular weight is 574 g/mol. The lowest BCUT2D eigenvalue weighted by Crippen LogP contribution is -2.49. The predicted octanol–water partition coefficient (Wildman–Crippen LogP) is 6.31. The molecular formula is C31H42Cl2N4O2. The minimum Gasteiger partial charge on any atom is -0.333 e. The summed E-state index contributed by atoms with van der Waals surface area (Å²) < 4.78 is 0. The molecule has 2 atom stereocenters. The van der Waals surface area contributed by atoms with E-state index in [0.29, 0.717) is 35.2 Å². The molecular weight excluding hydrogens is 531 g/mol. The molecule has 0 saturated carbocycles. The van der Waals surface area contributed by atoms with Crippen LogP contribution in [0.3, 0.4) is 0 Å². The van der Waals surface area contributed by atoms with Crippen molar-refractivity contribution in [3.8, 4) is 0 Å². The first kappa shape index (κ1) is 29.7. The van der Waals surface area contributed by atoms with Crippen molar-refractivity contribution in [1.29, 1.82) is 0 Å². The number of rotatable bonds is 8. The summed E-state index contributed by atoms with van der Waals surface area (Å²) in [6, 6.07) is 15.8. The molecule has 6 nitrogen and oxygen atoms in total. The summed E-state index contributed by atoms with van der Waals surface area (Å²) in [5.74, 6) is -0.0936. The Kier molecular flexibility index (Phi) is 9.84. The number of carbonyl (C=O) groups is 2. The molecule has 0 radical (unpaired) electrons. The van der Waals surface area contributed by atoms with Crippen LogP contribution in [0.5, 0.6) is 0 Å². The van der Waals surface area contributed by atoms with Gasteiger partial charge in [-0.05, 0) is 61.4 Å². The van der Waals surface area contributed by atoms with Gasteiger partial charge in [0.05, 0.1) is 6.04 Å². The van der Waals surface area contributed by atoms with Crippen LogP contribution < -0.4 is 0 Å². The molecule has 2 fully saturated rings. The summed E-state index contributed by atoms with van der Waals surface area (Å²) in [5, 5.41) is 0.883. The van der Waals surface area contributed by atoms with E-state index in [2.05, 4.69) is 56.0 Å². The number of hydrogen-bond donors (Lipinski definition) is 0. The van der Waals surface area contributed by atoms with Crippen LogP contribution in [0.25, 0.3) is 0 Å². The summed E-state index contributed by atoms with van der Waals surface area (Å²) in [7, 11) is 1.93. The zero-order valence-electron chi connectivity index (χ0n) is 23.7. The standard InChI is InChI=1S/C31H42Cl2N4O2/c1-31(2,3)22-37(29(38)24-17-25(32)19-26(33)18-24)28-13-16-36(21-28)30(39)34(4)27-12-15-35(20-27)14-8-11-23-9-6-5-7-10-23/h5-7,9-10,17-19,27-28H,8,11-16,20-22H2,1-4H3/t27-,28-/m0/s1. The van der Waals surface area contributed by atoms with Gasteiger partial charge in [0, 0.05) is 61.4 Å². The number of aryl methyl sites for hydroxylation is 1. The van der Waals surface area contributed by atoms with Gasteiger partial charge >= 0.3 is 6.03 Å². The first-order valence-electron chi connectivity index (χ1n) is 14.1. The van der Waals surface area contributed by atoms with Crippen molar-refractivity contribution < 1.29 is 9.59 Å². The first-order chi connectivity index (χ1) is 18.5. The molecule has 0 aromatic heterocycles. The van der Waals surface area contributed by atoms with E-state index in [9.17, 15) is 9.59 Å². The Bertz CT molecular complexity index is 1120. The third-order valence-corrected chi connectivity index (χ3v) is 8.21. The number of urea groups is 1. The van der Waals surface area contributed by atoms with Gasteiger partial charge in [0.15, 0.2) is 0 Å². The van der Waals surface area contributed by atoms with E-state index >= 15 is 0 Å². The van der Waals surface area contributed by atoms with Crippen molar-refractivity contribution in [2.24, 2.45) is 5.41 Å². The zero-order chi connectivity index (χ0) is 28.2. The number of hydrogen-bond acceptors (Lipinski definition) is 3. The molecule has 0 unspecified atom stereocenters. The molecule has 2 aromatic carbocycles. The normalized spacial score (nSPS) is 19.9. The van der Waals surface area contributed by atoms with E-state index in [-0.39, 0.29) is 29.4 Å². The number of likely N-dealkylation sites (N-methyl/N-ethyl adjacent to an activating group) is 1. The molecule has 2 saturated heterocycles. The molecule has 0 N–H and O–H groups in total. The van der Waals surface area contributed by atoms with Gasteiger partial charge in [-0.15, -0.1) is 0 Å². The highest BCUT2D eigenvalue weighted by molar-refractivity contribution is 6.35. The minimum atomic E-state index is -0.0972. The van der Waals surface area contributed by atoms with Crippen LogP contribution in [0.2, 0.25) is 10.0 Å². The highest BCUT2D eigenvalue weighted by Gasteiger charge is 2.38. The highest BCUT2D eigenvalue weighted by atomic mass is 35.5. The van der Waals surface area contributed by atoms with Gasteiger partial charge in [0.1, 0.15) is 0 Å². The van der Waals surface area contributed by atoms with Crippen molar-refractivity contribution in [3.05, 3.63) is 69.7 Å². The van der Waals surface area contributed by atoms with Crippen LogP contribution in [0.4, 0.5) is 4.79 Å². The van der Waals surface area contributed by atoms with Gasteiger partial charge in [-0.3, -0.25) is 4.79 Å². The minimum absolute atomic E-state index is 0.0510. The molecule has 212 valence electrons. The summed E-state index contributed by atoms with van der Waals surface area (Å²) in [5.41, 5.74) is 1.76. The smallest absolute Gasteiger partial charge is 0.320 e. The van der Waals surface area contributed by atoms with Gasteiger partial charge < -0.3 is 19.6 Å². The lowest BCUT2D eigenvalue weighted by atomic mass is 9.94. The van der Waals surface area contributed by atoms with E-state index in [1.54, 1.807) is 18.2 Å². The van der Waals surface area contributed by atoms with Crippen molar-refractivity contribution in [2.45, 2.75) is 58.5 Å². The predicted molar refractivity (Wildman–Crippen MR) is 160 cm³/mol. The molecule has 0 bridgehead atoms. The molecule has 2 heterocycles.